The van der Waals surface area contributed by atoms with E-state index < -0.39 is 54.8 Å². The first-order valence-electron chi connectivity index (χ1n) is 11.9. The molecule has 2 aromatic carbocycles. The molecule has 2 aliphatic heterocycles. The Morgan fingerprint density at radius 2 is 1.68 bits per heavy atom. The molecule has 0 spiro atoms. The largest absolute Gasteiger partial charge is 0.497 e. The summed E-state index contributed by atoms with van der Waals surface area (Å²) in [6.45, 7) is -1.22. The number of fused-ring (bicyclic) bond motifs is 17. The Labute approximate surface area is 219 Å². The van der Waals surface area contributed by atoms with Crippen LogP contribution in [0.1, 0.15) is 17.5 Å². The third kappa shape index (κ3) is 8.80. The van der Waals surface area contributed by atoms with Gasteiger partial charge in [0.05, 0.1) is 20.2 Å². The maximum absolute atomic E-state index is 12.9. The summed E-state index contributed by atoms with van der Waals surface area (Å²) in [6, 6.07) is 11.4. The number of methoxy groups -OCH3 is 1. The summed E-state index contributed by atoms with van der Waals surface area (Å²) < 4.78 is 10.6. The number of aryl methyl sites for hydroxylation is 1. The number of ether oxygens (including phenoxy) is 2. The molecule has 0 saturated carbocycles. The molecule has 0 radical (unpaired) electrons. The summed E-state index contributed by atoms with van der Waals surface area (Å²) in [4.78, 5) is 61.7. The zero-order valence-electron chi connectivity index (χ0n) is 20.8. The van der Waals surface area contributed by atoms with Crippen molar-refractivity contribution >= 4 is 29.6 Å². The van der Waals surface area contributed by atoms with E-state index in [0.717, 1.165) is 5.56 Å². The van der Waals surface area contributed by atoms with E-state index >= 15 is 0 Å². The van der Waals surface area contributed by atoms with Crippen molar-refractivity contribution in [2.45, 2.75) is 31.3 Å². The van der Waals surface area contributed by atoms with E-state index in [4.69, 9.17) is 9.47 Å². The van der Waals surface area contributed by atoms with Crippen molar-refractivity contribution in [3.63, 3.8) is 0 Å². The highest BCUT2D eigenvalue weighted by molar-refractivity contribution is 5.93. The first-order valence-corrected chi connectivity index (χ1v) is 11.9. The third-order valence-corrected chi connectivity index (χ3v) is 5.74. The van der Waals surface area contributed by atoms with Crippen LogP contribution in [-0.2, 0) is 36.8 Å². The summed E-state index contributed by atoms with van der Waals surface area (Å²) >= 11 is 0. The quantitative estimate of drug-likeness (QED) is 0.333. The maximum Gasteiger partial charge on any atom is 0.326 e. The Morgan fingerprint density at radius 1 is 0.974 bits per heavy atom. The van der Waals surface area contributed by atoms with Gasteiger partial charge in [0.1, 0.15) is 23.6 Å². The SMILES string of the molecule is COc1cccc(CC2NC(=O)CNC(=O)COc3ccc(cc3)CCC(C(=O)O)NC(=O)CNC2=O)c1. The lowest BCUT2D eigenvalue weighted by molar-refractivity contribution is -0.142. The number of aliphatic carboxylic acids is 1. The Balaban J connectivity index is 1.77. The van der Waals surface area contributed by atoms with Gasteiger partial charge < -0.3 is 35.8 Å². The lowest BCUT2D eigenvalue weighted by Gasteiger charge is -2.20. The number of hydrogen-bond acceptors (Lipinski definition) is 7. The monoisotopic (exact) mass is 526 g/mol. The van der Waals surface area contributed by atoms with Crippen molar-refractivity contribution in [1.29, 1.82) is 0 Å². The zero-order valence-corrected chi connectivity index (χ0v) is 20.8. The number of benzene rings is 2. The summed E-state index contributed by atoms with van der Waals surface area (Å²) in [5, 5.41) is 19.4. The average Bonchev–Trinajstić information content (AvgIpc) is 2.91. The van der Waals surface area contributed by atoms with E-state index in [-0.39, 0.29) is 19.4 Å². The number of carboxylic acids is 1. The second-order valence-electron chi connectivity index (χ2n) is 8.60. The summed E-state index contributed by atoms with van der Waals surface area (Å²) in [5.41, 5.74) is 1.49. The van der Waals surface area contributed by atoms with Crippen molar-refractivity contribution in [2.24, 2.45) is 0 Å². The zero-order chi connectivity index (χ0) is 27.5. The molecular weight excluding hydrogens is 496 g/mol. The number of rotatable bonds is 4. The van der Waals surface area contributed by atoms with E-state index in [0.29, 0.717) is 23.5 Å². The van der Waals surface area contributed by atoms with Crippen LogP contribution >= 0.6 is 0 Å². The Morgan fingerprint density at radius 3 is 2.39 bits per heavy atom. The second kappa shape index (κ2) is 13.6. The predicted molar refractivity (Wildman–Crippen MR) is 134 cm³/mol. The lowest BCUT2D eigenvalue weighted by atomic mass is 10.0. The molecular formula is C26H30N4O8. The van der Waals surface area contributed by atoms with Gasteiger partial charge in [-0.25, -0.2) is 4.79 Å². The standard InChI is InChI=1S/C26H30N4O8/c1-37-19-4-2-3-17(11-19)12-21-25(34)28-14-23(32)29-20(26(35)36)10-7-16-5-8-18(9-6-16)38-15-24(33)27-13-22(31)30-21/h2-6,8-9,11,20-21H,7,10,12-15H2,1H3,(H,27,33)(H,28,34)(H,29,32)(H,30,31)(H,35,36). The van der Waals surface area contributed by atoms with Crippen LogP contribution in [0.15, 0.2) is 48.5 Å². The molecule has 0 aromatic heterocycles. The molecule has 0 saturated heterocycles. The first-order chi connectivity index (χ1) is 18.2. The van der Waals surface area contributed by atoms with Gasteiger partial charge in [-0.2, -0.15) is 0 Å². The summed E-state index contributed by atoms with van der Waals surface area (Å²) in [7, 11) is 1.50. The van der Waals surface area contributed by atoms with Gasteiger partial charge in [-0.15, -0.1) is 0 Å². The summed E-state index contributed by atoms with van der Waals surface area (Å²) in [5.74, 6) is -2.75. The van der Waals surface area contributed by atoms with Crippen LogP contribution in [0.25, 0.3) is 0 Å². The van der Waals surface area contributed by atoms with Gasteiger partial charge in [-0.1, -0.05) is 24.3 Å². The van der Waals surface area contributed by atoms with Crippen molar-refractivity contribution in [3.05, 3.63) is 59.7 Å². The van der Waals surface area contributed by atoms with Crippen LogP contribution in [-0.4, -0.2) is 73.6 Å². The number of nitrogens with one attached hydrogen (secondary N) is 4. The average molecular weight is 527 g/mol. The highest BCUT2D eigenvalue weighted by atomic mass is 16.5. The third-order valence-electron chi connectivity index (χ3n) is 5.74. The normalized spacial score (nSPS) is 19.7. The smallest absolute Gasteiger partial charge is 0.326 e. The molecule has 0 fully saturated rings. The minimum Gasteiger partial charge on any atom is -0.497 e. The first kappa shape index (κ1) is 28.0. The predicted octanol–water partition coefficient (Wildman–Crippen LogP) is -0.450. The molecule has 2 aliphatic rings. The van der Waals surface area contributed by atoms with Crippen molar-refractivity contribution in [2.75, 3.05) is 26.8 Å². The van der Waals surface area contributed by atoms with E-state index in [2.05, 4.69) is 21.3 Å². The lowest BCUT2D eigenvalue weighted by Crippen LogP contribution is -2.53. The molecule has 12 nitrogen and oxygen atoms in total. The molecule has 4 rings (SSSR count). The molecule has 2 aromatic rings. The Kier molecular flexibility index (Phi) is 10.0. The van der Waals surface area contributed by atoms with Crippen molar-refractivity contribution in [3.8, 4) is 11.5 Å². The molecule has 2 unspecified atom stereocenters. The number of carbonyl (C=O) groups is 5. The van der Waals surface area contributed by atoms with Gasteiger partial charge in [0.15, 0.2) is 6.61 Å². The van der Waals surface area contributed by atoms with Crippen LogP contribution in [0.2, 0.25) is 0 Å². The van der Waals surface area contributed by atoms with Gasteiger partial charge in [0.25, 0.3) is 5.91 Å². The Bertz CT molecular complexity index is 1170. The van der Waals surface area contributed by atoms with Gasteiger partial charge in [0, 0.05) is 6.42 Å². The van der Waals surface area contributed by atoms with Gasteiger partial charge >= 0.3 is 5.97 Å². The fourth-order valence-electron chi connectivity index (χ4n) is 3.73. The van der Waals surface area contributed by atoms with Crippen molar-refractivity contribution < 1.29 is 38.6 Å². The molecule has 0 aliphatic carbocycles. The Hall–Kier alpha value is -4.61. The van der Waals surface area contributed by atoms with Crippen LogP contribution in [0.3, 0.4) is 0 Å². The molecule has 38 heavy (non-hydrogen) atoms. The van der Waals surface area contributed by atoms with Gasteiger partial charge in [-0.05, 0) is 48.2 Å². The number of carbonyl (C=O) groups excluding carboxylic acids is 4. The molecule has 5 N–H and O–H groups in total. The molecule has 12 heteroatoms. The van der Waals surface area contributed by atoms with Gasteiger partial charge in [0.2, 0.25) is 17.7 Å². The van der Waals surface area contributed by atoms with Crippen LogP contribution in [0.4, 0.5) is 0 Å². The van der Waals surface area contributed by atoms with Gasteiger partial charge in [-0.3, -0.25) is 19.2 Å². The molecule has 202 valence electrons. The van der Waals surface area contributed by atoms with E-state index in [9.17, 15) is 29.1 Å². The molecule has 2 bridgehead atoms. The molecule has 4 amide bonds. The topological polar surface area (TPSA) is 172 Å². The number of carboxylic acid groups (broad SMARTS) is 1. The fraction of sp³-hybridized carbons (Fsp3) is 0.346. The molecule has 2 atom stereocenters. The maximum atomic E-state index is 12.9. The van der Waals surface area contributed by atoms with E-state index in [1.165, 1.54) is 7.11 Å². The van der Waals surface area contributed by atoms with E-state index in [1.54, 1.807) is 48.5 Å². The fourth-order valence-corrected chi connectivity index (χ4v) is 3.73. The number of amides is 4. The van der Waals surface area contributed by atoms with E-state index in [1.807, 2.05) is 0 Å². The highest BCUT2D eigenvalue weighted by Crippen LogP contribution is 2.15. The van der Waals surface area contributed by atoms with Crippen LogP contribution in [0, 0.1) is 0 Å². The summed E-state index contributed by atoms with van der Waals surface area (Å²) in [6.07, 6.45) is 0.548. The minimum absolute atomic E-state index is 0.0702. The second-order valence-corrected chi connectivity index (χ2v) is 8.60. The van der Waals surface area contributed by atoms with Crippen molar-refractivity contribution in [1.82, 2.24) is 21.3 Å². The highest BCUT2D eigenvalue weighted by Gasteiger charge is 2.24. The van der Waals surface area contributed by atoms with Crippen LogP contribution in [0.5, 0.6) is 11.5 Å². The minimum atomic E-state index is -1.21. The van der Waals surface area contributed by atoms with Crippen LogP contribution < -0.4 is 30.7 Å². The number of hydrogen-bond donors (Lipinski definition) is 5. The molecule has 2 heterocycles.